The van der Waals surface area contributed by atoms with Gasteiger partial charge in [-0.25, -0.2) is 0 Å². The first-order valence-corrected chi connectivity index (χ1v) is 6.57. The van der Waals surface area contributed by atoms with Crippen LogP contribution in [-0.2, 0) is 0 Å². The highest BCUT2D eigenvalue weighted by atomic mass is 32.1. The minimum Gasteiger partial charge on any atom is -0.358 e. The first kappa shape index (κ1) is 12.8. The van der Waals surface area contributed by atoms with Crippen LogP contribution in [0, 0.1) is 10.1 Å². The van der Waals surface area contributed by atoms with Gasteiger partial charge in [0, 0.05) is 33.3 Å². The van der Waals surface area contributed by atoms with E-state index in [0.717, 1.165) is 25.9 Å². The first-order valence-electron chi connectivity index (χ1n) is 5.75. The molecule has 7 heteroatoms. The van der Waals surface area contributed by atoms with E-state index in [0.29, 0.717) is 9.88 Å². The third kappa shape index (κ3) is 2.31. The standard InChI is InChI=1S/C11H15N3O3S/c1-12(2)10(15)9-7-8(14(16)17)11(18-9)13-5-3-4-6-13/h7H,3-6H2,1-2H3. The fourth-order valence-electron chi connectivity index (χ4n) is 1.98. The molecule has 98 valence electrons. The average molecular weight is 269 g/mol. The summed E-state index contributed by atoms with van der Waals surface area (Å²) in [5.74, 6) is -0.187. The number of thiophene rings is 1. The molecule has 1 saturated heterocycles. The molecule has 1 amide bonds. The highest BCUT2D eigenvalue weighted by Crippen LogP contribution is 2.39. The molecule has 0 bridgehead atoms. The highest BCUT2D eigenvalue weighted by Gasteiger charge is 2.28. The van der Waals surface area contributed by atoms with Crippen molar-refractivity contribution >= 4 is 27.9 Å². The Bertz CT molecular complexity index is 478. The zero-order valence-corrected chi connectivity index (χ0v) is 11.2. The van der Waals surface area contributed by atoms with Crippen molar-refractivity contribution in [3.05, 3.63) is 21.1 Å². The summed E-state index contributed by atoms with van der Waals surface area (Å²) in [5.41, 5.74) is 0.0482. The van der Waals surface area contributed by atoms with Gasteiger partial charge in [-0.2, -0.15) is 0 Å². The lowest BCUT2D eigenvalue weighted by Crippen LogP contribution is -2.20. The van der Waals surface area contributed by atoms with Crippen LogP contribution in [0.2, 0.25) is 0 Å². The lowest BCUT2D eigenvalue weighted by molar-refractivity contribution is -0.383. The van der Waals surface area contributed by atoms with Crippen molar-refractivity contribution in [1.29, 1.82) is 0 Å². The number of hydrogen-bond donors (Lipinski definition) is 0. The number of rotatable bonds is 3. The largest absolute Gasteiger partial charge is 0.358 e. The quantitative estimate of drug-likeness (QED) is 0.621. The van der Waals surface area contributed by atoms with Gasteiger partial charge in [-0.05, 0) is 12.8 Å². The minimum atomic E-state index is -0.406. The Kier molecular flexibility index (Phi) is 3.51. The number of amides is 1. The van der Waals surface area contributed by atoms with Gasteiger partial charge in [-0.3, -0.25) is 14.9 Å². The van der Waals surface area contributed by atoms with Crippen LogP contribution in [0.5, 0.6) is 0 Å². The zero-order valence-electron chi connectivity index (χ0n) is 10.4. The third-order valence-electron chi connectivity index (χ3n) is 2.90. The van der Waals surface area contributed by atoms with Gasteiger partial charge in [0.2, 0.25) is 0 Å². The van der Waals surface area contributed by atoms with Gasteiger partial charge in [0.15, 0.2) is 5.00 Å². The summed E-state index contributed by atoms with van der Waals surface area (Å²) in [6.07, 6.45) is 2.10. The fourth-order valence-corrected chi connectivity index (χ4v) is 3.17. The molecule has 1 aliphatic rings. The second-order valence-electron chi connectivity index (χ2n) is 4.45. The zero-order chi connectivity index (χ0) is 13.3. The smallest absolute Gasteiger partial charge is 0.304 e. The summed E-state index contributed by atoms with van der Waals surface area (Å²) in [6.45, 7) is 1.66. The van der Waals surface area contributed by atoms with Crippen LogP contribution in [0.25, 0.3) is 0 Å². The number of nitro groups is 1. The molecule has 1 fully saturated rings. The Hall–Kier alpha value is -1.63. The fraction of sp³-hybridized carbons (Fsp3) is 0.545. The van der Waals surface area contributed by atoms with Crippen molar-refractivity contribution < 1.29 is 9.72 Å². The van der Waals surface area contributed by atoms with Gasteiger partial charge < -0.3 is 9.80 Å². The van der Waals surface area contributed by atoms with Crippen molar-refractivity contribution in [3.8, 4) is 0 Å². The summed E-state index contributed by atoms with van der Waals surface area (Å²) < 4.78 is 0. The predicted octanol–water partition coefficient (Wildman–Crippen LogP) is 1.96. The predicted molar refractivity (Wildman–Crippen MR) is 70.4 cm³/mol. The Morgan fingerprint density at radius 1 is 1.44 bits per heavy atom. The number of carbonyl (C=O) groups is 1. The SMILES string of the molecule is CN(C)C(=O)c1cc([N+](=O)[O-])c(N2CCCC2)s1. The van der Waals surface area contributed by atoms with Crippen LogP contribution < -0.4 is 4.90 Å². The van der Waals surface area contributed by atoms with Crippen LogP contribution in [0.3, 0.4) is 0 Å². The van der Waals surface area contributed by atoms with Gasteiger partial charge in [0.1, 0.15) is 4.88 Å². The molecule has 0 unspecified atom stereocenters. The molecule has 0 spiro atoms. The molecule has 1 aliphatic heterocycles. The van der Waals surface area contributed by atoms with E-state index in [1.165, 1.54) is 22.3 Å². The van der Waals surface area contributed by atoms with Crippen molar-refractivity contribution in [3.63, 3.8) is 0 Å². The lowest BCUT2D eigenvalue weighted by Gasteiger charge is -2.13. The maximum Gasteiger partial charge on any atom is 0.304 e. The van der Waals surface area contributed by atoms with E-state index >= 15 is 0 Å². The summed E-state index contributed by atoms with van der Waals surface area (Å²) in [5, 5.41) is 11.7. The summed E-state index contributed by atoms with van der Waals surface area (Å²) in [7, 11) is 3.28. The molecule has 0 atom stereocenters. The molecule has 2 rings (SSSR count). The molecule has 2 heterocycles. The Balaban J connectivity index is 2.38. The van der Waals surface area contributed by atoms with Crippen LogP contribution in [-0.4, -0.2) is 42.9 Å². The van der Waals surface area contributed by atoms with Crippen molar-refractivity contribution in [2.45, 2.75) is 12.8 Å². The lowest BCUT2D eigenvalue weighted by atomic mass is 10.4. The van der Waals surface area contributed by atoms with E-state index in [4.69, 9.17) is 0 Å². The number of carbonyl (C=O) groups excluding carboxylic acids is 1. The van der Waals surface area contributed by atoms with Crippen LogP contribution >= 0.6 is 11.3 Å². The van der Waals surface area contributed by atoms with Crippen LogP contribution in [0.1, 0.15) is 22.5 Å². The van der Waals surface area contributed by atoms with E-state index < -0.39 is 4.92 Å². The van der Waals surface area contributed by atoms with Crippen LogP contribution in [0.4, 0.5) is 10.7 Å². The van der Waals surface area contributed by atoms with Crippen molar-refractivity contribution in [2.75, 3.05) is 32.1 Å². The Morgan fingerprint density at radius 3 is 2.56 bits per heavy atom. The Morgan fingerprint density at radius 2 is 2.06 bits per heavy atom. The molecular weight excluding hydrogens is 254 g/mol. The summed E-state index contributed by atoms with van der Waals surface area (Å²) in [6, 6.07) is 1.39. The molecule has 1 aromatic rings. The normalized spacial score (nSPS) is 14.9. The van der Waals surface area contributed by atoms with E-state index in [-0.39, 0.29) is 11.6 Å². The first-order chi connectivity index (χ1) is 8.50. The molecule has 1 aromatic heterocycles. The molecule has 6 nitrogen and oxygen atoms in total. The number of anilines is 1. The van der Waals surface area contributed by atoms with E-state index in [1.807, 2.05) is 4.90 Å². The minimum absolute atomic E-state index is 0.0482. The van der Waals surface area contributed by atoms with E-state index in [1.54, 1.807) is 14.1 Å². The van der Waals surface area contributed by atoms with Crippen LogP contribution in [0.15, 0.2) is 6.07 Å². The molecular formula is C11H15N3O3S. The third-order valence-corrected chi connectivity index (χ3v) is 4.07. The maximum absolute atomic E-state index is 11.8. The van der Waals surface area contributed by atoms with Gasteiger partial charge in [0.05, 0.1) is 4.92 Å². The number of nitrogens with zero attached hydrogens (tertiary/aromatic N) is 3. The van der Waals surface area contributed by atoms with Gasteiger partial charge in [-0.1, -0.05) is 0 Å². The van der Waals surface area contributed by atoms with Crippen molar-refractivity contribution in [2.24, 2.45) is 0 Å². The monoisotopic (exact) mass is 269 g/mol. The van der Waals surface area contributed by atoms with Gasteiger partial charge in [-0.15, -0.1) is 11.3 Å². The molecule has 0 aromatic carbocycles. The topological polar surface area (TPSA) is 66.7 Å². The Labute approximate surface area is 109 Å². The highest BCUT2D eigenvalue weighted by molar-refractivity contribution is 7.18. The summed E-state index contributed by atoms with van der Waals surface area (Å²) >= 11 is 1.21. The second-order valence-corrected chi connectivity index (χ2v) is 5.48. The maximum atomic E-state index is 11.8. The van der Waals surface area contributed by atoms with E-state index in [9.17, 15) is 14.9 Å². The summed E-state index contributed by atoms with van der Waals surface area (Å²) in [4.78, 5) is 26.3. The molecule has 0 aliphatic carbocycles. The van der Waals surface area contributed by atoms with Crippen molar-refractivity contribution in [1.82, 2.24) is 4.90 Å². The van der Waals surface area contributed by atoms with Gasteiger partial charge in [0.25, 0.3) is 5.91 Å². The molecule has 0 N–H and O–H groups in total. The van der Waals surface area contributed by atoms with Gasteiger partial charge >= 0.3 is 5.69 Å². The second kappa shape index (κ2) is 4.93. The van der Waals surface area contributed by atoms with E-state index in [2.05, 4.69) is 0 Å². The average Bonchev–Trinajstić information content (AvgIpc) is 2.96. The molecule has 0 radical (unpaired) electrons. The molecule has 18 heavy (non-hydrogen) atoms. The molecule has 0 saturated carbocycles. The number of hydrogen-bond acceptors (Lipinski definition) is 5.